The van der Waals surface area contributed by atoms with Crippen LogP contribution in [0.15, 0.2) is 18.2 Å². The molecule has 2 unspecified atom stereocenters. The molecule has 2 aliphatic rings. The van der Waals surface area contributed by atoms with Crippen LogP contribution in [0.25, 0.3) is 0 Å². The lowest BCUT2D eigenvalue weighted by Crippen LogP contribution is -2.26. The monoisotopic (exact) mass is 266 g/mol. The molecule has 1 N–H and O–H groups in total. The summed E-state index contributed by atoms with van der Waals surface area (Å²) in [6.07, 6.45) is 2.54. The lowest BCUT2D eigenvalue weighted by molar-refractivity contribution is 0.257. The summed E-state index contributed by atoms with van der Waals surface area (Å²) < 4.78 is 0. The maximum Gasteiger partial charge on any atom is 0.0419 e. The maximum absolute atomic E-state index is 3.54. The van der Waals surface area contributed by atoms with Crippen LogP contribution in [0, 0.1) is 5.92 Å². The molecule has 18 heavy (non-hydrogen) atoms. The van der Waals surface area contributed by atoms with Gasteiger partial charge in [-0.05, 0) is 36.8 Å². The zero-order valence-electron chi connectivity index (χ0n) is 11.3. The molecule has 0 radical (unpaired) electrons. The summed E-state index contributed by atoms with van der Waals surface area (Å²) in [6, 6.07) is 7.50. The molecule has 0 saturated carbocycles. The predicted molar refractivity (Wildman–Crippen MR) is 79.5 cm³/mol. The third-order valence-corrected chi connectivity index (χ3v) is 4.22. The van der Waals surface area contributed by atoms with Crippen LogP contribution in [-0.2, 0) is 13.0 Å². The molecule has 1 aromatic carbocycles. The topological polar surface area (TPSA) is 15.3 Å². The molecule has 0 bridgehead atoms. The lowest BCUT2D eigenvalue weighted by atomic mass is 10.1. The van der Waals surface area contributed by atoms with E-state index in [0.717, 1.165) is 25.0 Å². The average molecular weight is 267 g/mol. The molecular weight excluding hydrogens is 244 g/mol. The van der Waals surface area contributed by atoms with Crippen molar-refractivity contribution in [2.24, 2.45) is 5.92 Å². The molecule has 2 atom stereocenters. The number of rotatable bonds is 2. The minimum Gasteiger partial charge on any atom is -0.384 e. The summed E-state index contributed by atoms with van der Waals surface area (Å²) in [4.78, 5) is 2.63. The van der Waals surface area contributed by atoms with Crippen LogP contribution in [0.1, 0.15) is 31.4 Å². The second-order valence-electron chi connectivity index (χ2n) is 5.75. The van der Waals surface area contributed by atoms with E-state index >= 15 is 0 Å². The zero-order chi connectivity index (χ0) is 11.8. The van der Waals surface area contributed by atoms with Gasteiger partial charge >= 0.3 is 0 Å². The van der Waals surface area contributed by atoms with Crippen molar-refractivity contribution in [1.29, 1.82) is 0 Å². The molecule has 2 nitrogen and oxygen atoms in total. The fraction of sp³-hybridized carbons (Fsp3) is 0.600. The van der Waals surface area contributed by atoms with Gasteiger partial charge in [0.05, 0.1) is 0 Å². The summed E-state index contributed by atoms with van der Waals surface area (Å²) in [5, 5.41) is 3.54. The van der Waals surface area contributed by atoms with E-state index < -0.39 is 0 Å². The van der Waals surface area contributed by atoms with Gasteiger partial charge in [-0.1, -0.05) is 25.1 Å². The molecule has 2 heterocycles. The first-order valence-corrected chi connectivity index (χ1v) is 6.82. The summed E-state index contributed by atoms with van der Waals surface area (Å²) in [5.74, 6) is 0.856. The smallest absolute Gasteiger partial charge is 0.0419 e. The standard InChI is InChI=1S/C15H22N2.ClH/c1-11-8-12(2)17(9-11)10-14-5-3-4-13-6-7-16-15(13)14;/h3-5,11-12,16H,6-10H2,1-2H3;1H. The first-order valence-electron chi connectivity index (χ1n) is 6.82. The molecule has 100 valence electrons. The molecule has 1 aromatic rings. The quantitative estimate of drug-likeness (QED) is 0.884. The van der Waals surface area contributed by atoms with Crippen LogP contribution >= 0.6 is 12.4 Å². The number of halogens is 1. The Hall–Kier alpha value is -0.730. The van der Waals surface area contributed by atoms with Gasteiger partial charge in [0.1, 0.15) is 0 Å². The summed E-state index contributed by atoms with van der Waals surface area (Å²) in [5.41, 5.74) is 4.41. The number of hydrogen-bond donors (Lipinski definition) is 1. The Balaban J connectivity index is 0.00000120. The average Bonchev–Trinajstić information content (AvgIpc) is 2.87. The fourth-order valence-corrected chi connectivity index (χ4v) is 3.37. The highest BCUT2D eigenvalue weighted by Crippen LogP contribution is 2.30. The Morgan fingerprint density at radius 1 is 1.33 bits per heavy atom. The van der Waals surface area contributed by atoms with Gasteiger partial charge in [-0.2, -0.15) is 0 Å². The zero-order valence-corrected chi connectivity index (χ0v) is 12.1. The van der Waals surface area contributed by atoms with E-state index in [1.807, 2.05) is 0 Å². The van der Waals surface area contributed by atoms with Crippen LogP contribution in [0.5, 0.6) is 0 Å². The third-order valence-electron chi connectivity index (χ3n) is 4.22. The van der Waals surface area contributed by atoms with Crippen LogP contribution in [0.4, 0.5) is 5.69 Å². The number of nitrogens with one attached hydrogen (secondary N) is 1. The van der Waals surface area contributed by atoms with E-state index in [9.17, 15) is 0 Å². The van der Waals surface area contributed by atoms with Gasteiger partial charge < -0.3 is 5.32 Å². The van der Waals surface area contributed by atoms with Crippen molar-refractivity contribution in [2.75, 3.05) is 18.4 Å². The number of para-hydroxylation sites is 1. The van der Waals surface area contributed by atoms with Crippen molar-refractivity contribution in [3.63, 3.8) is 0 Å². The van der Waals surface area contributed by atoms with E-state index in [2.05, 4.69) is 42.3 Å². The summed E-state index contributed by atoms with van der Waals surface area (Å²) >= 11 is 0. The Labute approximate surface area is 116 Å². The minimum atomic E-state index is 0. The van der Waals surface area contributed by atoms with Gasteiger partial charge in [0, 0.05) is 31.4 Å². The van der Waals surface area contributed by atoms with E-state index in [-0.39, 0.29) is 12.4 Å². The molecule has 1 saturated heterocycles. The maximum atomic E-state index is 3.54. The Bertz CT molecular complexity index is 419. The normalized spacial score (nSPS) is 26.6. The van der Waals surface area contributed by atoms with Crippen molar-refractivity contribution in [3.05, 3.63) is 29.3 Å². The third kappa shape index (κ3) is 2.50. The van der Waals surface area contributed by atoms with E-state index in [1.165, 1.54) is 36.2 Å². The van der Waals surface area contributed by atoms with Crippen molar-refractivity contribution >= 4 is 18.1 Å². The van der Waals surface area contributed by atoms with Crippen LogP contribution in [0.3, 0.4) is 0 Å². The van der Waals surface area contributed by atoms with Crippen LogP contribution in [-0.4, -0.2) is 24.0 Å². The first-order chi connectivity index (χ1) is 8.24. The highest BCUT2D eigenvalue weighted by molar-refractivity contribution is 5.85. The van der Waals surface area contributed by atoms with E-state index in [4.69, 9.17) is 0 Å². The molecule has 1 fully saturated rings. The number of likely N-dealkylation sites (tertiary alicyclic amines) is 1. The minimum absolute atomic E-state index is 0. The summed E-state index contributed by atoms with van der Waals surface area (Å²) in [7, 11) is 0. The van der Waals surface area contributed by atoms with Gasteiger partial charge in [0.2, 0.25) is 0 Å². The molecule has 3 heteroatoms. The van der Waals surface area contributed by atoms with Crippen molar-refractivity contribution in [2.45, 2.75) is 39.3 Å². The van der Waals surface area contributed by atoms with Gasteiger partial charge in [0.15, 0.2) is 0 Å². The first kappa shape index (κ1) is 13.7. The predicted octanol–water partition coefficient (Wildman–Crippen LogP) is 3.31. The van der Waals surface area contributed by atoms with Crippen molar-refractivity contribution in [3.8, 4) is 0 Å². The highest BCUT2D eigenvalue weighted by Gasteiger charge is 2.27. The molecule has 0 aromatic heterocycles. The van der Waals surface area contributed by atoms with E-state index in [0.29, 0.717) is 0 Å². The Kier molecular flexibility index (Phi) is 4.18. The van der Waals surface area contributed by atoms with Gasteiger partial charge in [-0.3, -0.25) is 4.90 Å². The number of anilines is 1. The van der Waals surface area contributed by atoms with Gasteiger partial charge in [0.25, 0.3) is 0 Å². The van der Waals surface area contributed by atoms with Crippen LogP contribution < -0.4 is 5.32 Å². The molecule has 0 spiro atoms. The number of hydrogen-bond acceptors (Lipinski definition) is 2. The largest absolute Gasteiger partial charge is 0.384 e. The Morgan fingerprint density at radius 3 is 2.89 bits per heavy atom. The highest BCUT2D eigenvalue weighted by atomic mass is 35.5. The van der Waals surface area contributed by atoms with Crippen molar-refractivity contribution in [1.82, 2.24) is 4.90 Å². The molecule has 0 amide bonds. The van der Waals surface area contributed by atoms with Crippen molar-refractivity contribution < 1.29 is 0 Å². The second-order valence-corrected chi connectivity index (χ2v) is 5.75. The lowest BCUT2D eigenvalue weighted by Gasteiger charge is -2.22. The molecule has 2 aliphatic heterocycles. The molecule has 0 aliphatic carbocycles. The van der Waals surface area contributed by atoms with E-state index in [1.54, 1.807) is 0 Å². The molecule has 3 rings (SSSR count). The second kappa shape index (κ2) is 5.50. The fourth-order valence-electron chi connectivity index (χ4n) is 3.37. The number of fused-ring (bicyclic) bond motifs is 1. The van der Waals surface area contributed by atoms with Crippen LogP contribution in [0.2, 0.25) is 0 Å². The molecular formula is C15H23ClN2. The van der Waals surface area contributed by atoms with Gasteiger partial charge in [-0.15, -0.1) is 12.4 Å². The number of nitrogens with zero attached hydrogens (tertiary/aromatic N) is 1. The number of benzene rings is 1. The Morgan fingerprint density at radius 2 is 2.17 bits per heavy atom. The SMILES string of the molecule is CC1CC(C)N(Cc2cccc3c2NCC3)C1.Cl. The summed E-state index contributed by atoms with van der Waals surface area (Å²) in [6.45, 7) is 8.20. The van der Waals surface area contributed by atoms with Gasteiger partial charge in [-0.25, -0.2) is 0 Å².